The molecule has 7 nitrogen and oxygen atoms in total. The monoisotopic (exact) mass is 430 g/mol. The van der Waals surface area contributed by atoms with Gasteiger partial charge in [0.05, 0.1) is 29.4 Å². The molecule has 1 fully saturated rings. The maximum atomic E-state index is 13.2. The number of ketones is 1. The van der Waals surface area contributed by atoms with Gasteiger partial charge >= 0.3 is 0 Å². The van der Waals surface area contributed by atoms with Gasteiger partial charge in [-0.2, -0.15) is 5.10 Å². The summed E-state index contributed by atoms with van der Waals surface area (Å²) in [7, 11) is 0. The van der Waals surface area contributed by atoms with E-state index in [-0.39, 0.29) is 11.7 Å². The second kappa shape index (κ2) is 7.58. The molecule has 0 bridgehead atoms. The average Bonchev–Trinajstić information content (AvgIpc) is 3.14. The summed E-state index contributed by atoms with van der Waals surface area (Å²) in [6.45, 7) is 6.93. The van der Waals surface area contributed by atoms with Gasteiger partial charge in [0, 0.05) is 32.1 Å². The zero-order valence-electron chi connectivity index (χ0n) is 18.6. The number of amides is 1. The fourth-order valence-electron chi connectivity index (χ4n) is 4.91. The predicted molar refractivity (Wildman–Crippen MR) is 119 cm³/mol. The fourth-order valence-corrected chi connectivity index (χ4v) is 4.91. The van der Waals surface area contributed by atoms with Crippen molar-refractivity contribution in [3.8, 4) is 11.6 Å². The van der Waals surface area contributed by atoms with Crippen molar-refractivity contribution < 1.29 is 14.3 Å². The zero-order chi connectivity index (χ0) is 22.5. The first-order chi connectivity index (χ1) is 15.4. The van der Waals surface area contributed by atoms with Crippen molar-refractivity contribution in [1.29, 1.82) is 0 Å². The molecule has 5 rings (SSSR count). The summed E-state index contributed by atoms with van der Waals surface area (Å²) in [5.74, 6) is 1.45. The van der Waals surface area contributed by atoms with E-state index >= 15 is 0 Å². The first kappa shape index (κ1) is 20.4. The maximum Gasteiger partial charge on any atom is 0.257 e. The molecule has 0 unspecified atom stereocenters. The predicted octanol–water partition coefficient (Wildman–Crippen LogP) is 3.83. The Labute approximate surface area is 187 Å². The van der Waals surface area contributed by atoms with Gasteiger partial charge in [0.25, 0.3) is 5.91 Å². The van der Waals surface area contributed by atoms with Crippen molar-refractivity contribution in [2.24, 2.45) is 0 Å². The SMILES string of the molecule is Cc1cc(C)c2c(c1)OC1(CCN(C(=O)c3cnn(-c4ccccn4)c3C)CC1)CC2=O. The van der Waals surface area contributed by atoms with Crippen molar-refractivity contribution in [2.45, 2.75) is 45.6 Å². The molecule has 1 amide bonds. The molecule has 164 valence electrons. The number of carbonyl (C=O) groups excluding carboxylic acids is 2. The Morgan fingerprint density at radius 3 is 2.62 bits per heavy atom. The van der Waals surface area contributed by atoms with Crippen molar-refractivity contribution >= 4 is 11.7 Å². The quantitative estimate of drug-likeness (QED) is 0.618. The molecule has 2 aliphatic rings. The summed E-state index contributed by atoms with van der Waals surface area (Å²) < 4.78 is 8.11. The summed E-state index contributed by atoms with van der Waals surface area (Å²) in [5, 5.41) is 4.37. The van der Waals surface area contributed by atoms with Gasteiger partial charge in [-0.3, -0.25) is 9.59 Å². The van der Waals surface area contributed by atoms with E-state index in [1.165, 1.54) is 0 Å². The van der Waals surface area contributed by atoms with Gasteiger partial charge in [-0.15, -0.1) is 0 Å². The Balaban J connectivity index is 1.33. The Kier molecular flexibility index (Phi) is 4.84. The van der Waals surface area contributed by atoms with Gasteiger partial charge in [-0.25, -0.2) is 9.67 Å². The molecule has 0 N–H and O–H groups in total. The first-order valence-corrected chi connectivity index (χ1v) is 11.0. The number of ether oxygens (including phenoxy) is 1. The minimum Gasteiger partial charge on any atom is -0.486 e. The Morgan fingerprint density at radius 1 is 1.12 bits per heavy atom. The molecule has 2 aliphatic heterocycles. The third-order valence-corrected chi connectivity index (χ3v) is 6.60. The highest BCUT2D eigenvalue weighted by Gasteiger charge is 2.44. The van der Waals surface area contributed by atoms with Crippen LogP contribution < -0.4 is 4.74 Å². The van der Waals surface area contributed by atoms with Crippen LogP contribution in [0.5, 0.6) is 5.75 Å². The van der Waals surface area contributed by atoms with Crippen LogP contribution in [0.1, 0.15) is 56.8 Å². The van der Waals surface area contributed by atoms with E-state index in [0.29, 0.717) is 55.0 Å². The Morgan fingerprint density at radius 2 is 1.91 bits per heavy atom. The van der Waals surface area contributed by atoms with E-state index in [0.717, 1.165) is 16.8 Å². The van der Waals surface area contributed by atoms with Crippen LogP contribution in [-0.4, -0.2) is 50.0 Å². The van der Waals surface area contributed by atoms with E-state index in [1.54, 1.807) is 17.1 Å². The van der Waals surface area contributed by atoms with Crippen molar-refractivity contribution in [3.63, 3.8) is 0 Å². The number of hydrogen-bond acceptors (Lipinski definition) is 5. The van der Waals surface area contributed by atoms with Gasteiger partial charge in [-0.1, -0.05) is 12.1 Å². The minimum atomic E-state index is -0.533. The Hall–Kier alpha value is -3.48. The summed E-state index contributed by atoms with van der Waals surface area (Å²) in [4.78, 5) is 32.3. The molecule has 1 aromatic carbocycles. The van der Waals surface area contributed by atoms with Gasteiger partial charge in [-0.05, 0) is 50.1 Å². The number of aromatic nitrogens is 3. The van der Waals surface area contributed by atoms with Crippen LogP contribution in [0.15, 0.2) is 42.7 Å². The lowest BCUT2D eigenvalue weighted by atomic mass is 9.81. The van der Waals surface area contributed by atoms with E-state index in [4.69, 9.17) is 4.74 Å². The van der Waals surface area contributed by atoms with E-state index in [1.807, 2.05) is 56.0 Å². The number of piperidine rings is 1. The van der Waals surface area contributed by atoms with Gasteiger partial charge in [0.2, 0.25) is 0 Å². The number of fused-ring (bicyclic) bond motifs is 1. The molecule has 1 spiro atoms. The van der Waals surface area contributed by atoms with Gasteiger partial charge < -0.3 is 9.64 Å². The molecule has 3 aromatic rings. The van der Waals surface area contributed by atoms with Gasteiger partial charge in [0.1, 0.15) is 11.4 Å². The smallest absolute Gasteiger partial charge is 0.257 e. The average molecular weight is 431 g/mol. The number of Topliss-reactive ketones (excluding diaryl/α,β-unsaturated/α-hetero) is 1. The second-order valence-corrected chi connectivity index (χ2v) is 8.88. The minimum absolute atomic E-state index is 0.0474. The lowest BCUT2D eigenvalue weighted by Crippen LogP contribution is -2.52. The van der Waals surface area contributed by atoms with E-state index in [9.17, 15) is 9.59 Å². The third kappa shape index (κ3) is 3.38. The van der Waals surface area contributed by atoms with Crippen LogP contribution in [-0.2, 0) is 0 Å². The van der Waals surface area contributed by atoms with Crippen molar-refractivity contribution in [1.82, 2.24) is 19.7 Å². The third-order valence-electron chi connectivity index (χ3n) is 6.60. The number of hydrogen-bond donors (Lipinski definition) is 0. The summed E-state index contributed by atoms with van der Waals surface area (Å²) in [6, 6.07) is 9.57. The molecule has 0 radical (unpaired) electrons. The normalized spacial score (nSPS) is 17.2. The molecule has 4 heterocycles. The van der Waals surface area contributed by atoms with Crippen LogP contribution in [0.4, 0.5) is 0 Å². The standard InChI is InChI=1S/C25H26N4O3/c1-16-12-17(2)23-20(30)14-25(32-21(23)13-16)7-10-28(11-8-25)24(31)19-15-27-29(18(19)3)22-6-4-5-9-26-22/h4-6,9,12-13,15H,7-8,10-11,14H2,1-3H3. The second-order valence-electron chi connectivity index (χ2n) is 8.88. The molecule has 7 heteroatoms. The van der Waals surface area contributed by atoms with Crippen LogP contribution >= 0.6 is 0 Å². The highest BCUT2D eigenvalue weighted by atomic mass is 16.5. The number of rotatable bonds is 2. The molecule has 0 atom stereocenters. The lowest BCUT2D eigenvalue weighted by Gasteiger charge is -2.44. The number of aryl methyl sites for hydroxylation is 2. The number of likely N-dealkylation sites (tertiary alicyclic amines) is 1. The van der Waals surface area contributed by atoms with Crippen LogP contribution in [0.25, 0.3) is 5.82 Å². The molecular weight excluding hydrogens is 404 g/mol. The van der Waals surface area contributed by atoms with Gasteiger partial charge in [0.15, 0.2) is 11.6 Å². The van der Waals surface area contributed by atoms with E-state index in [2.05, 4.69) is 10.1 Å². The van der Waals surface area contributed by atoms with Crippen LogP contribution in [0.3, 0.4) is 0 Å². The van der Waals surface area contributed by atoms with E-state index < -0.39 is 5.60 Å². The topological polar surface area (TPSA) is 77.3 Å². The molecule has 32 heavy (non-hydrogen) atoms. The fraction of sp³-hybridized carbons (Fsp3) is 0.360. The summed E-state index contributed by atoms with van der Waals surface area (Å²) >= 11 is 0. The summed E-state index contributed by atoms with van der Waals surface area (Å²) in [5.41, 5.74) is 3.56. The number of nitrogens with zero attached hydrogens (tertiary/aromatic N) is 4. The highest BCUT2D eigenvalue weighted by molar-refractivity contribution is 6.02. The highest BCUT2D eigenvalue weighted by Crippen LogP contribution is 2.41. The van der Waals surface area contributed by atoms with Crippen molar-refractivity contribution in [2.75, 3.05) is 13.1 Å². The number of pyridine rings is 1. The first-order valence-electron chi connectivity index (χ1n) is 11.0. The number of carbonyl (C=O) groups is 2. The van der Waals surface area contributed by atoms with Crippen LogP contribution in [0.2, 0.25) is 0 Å². The molecule has 0 aliphatic carbocycles. The van der Waals surface area contributed by atoms with Crippen molar-refractivity contribution in [3.05, 3.63) is 70.7 Å². The lowest BCUT2D eigenvalue weighted by molar-refractivity contribution is -0.00582. The zero-order valence-corrected chi connectivity index (χ0v) is 18.6. The molecular formula is C25H26N4O3. The molecule has 2 aromatic heterocycles. The van der Waals surface area contributed by atoms with Crippen LogP contribution in [0, 0.1) is 20.8 Å². The Bertz CT molecular complexity index is 1210. The molecule has 0 saturated carbocycles. The largest absolute Gasteiger partial charge is 0.486 e. The summed E-state index contributed by atoms with van der Waals surface area (Å²) in [6.07, 6.45) is 4.94. The maximum absolute atomic E-state index is 13.2. The number of benzene rings is 1. The molecule has 1 saturated heterocycles.